The van der Waals surface area contributed by atoms with Gasteiger partial charge in [-0.05, 0) is 25.0 Å². The van der Waals surface area contributed by atoms with Crippen LogP contribution in [0.3, 0.4) is 0 Å². The van der Waals surface area contributed by atoms with Crippen LogP contribution < -0.4 is 0 Å². The monoisotopic (exact) mass is 309 g/mol. The van der Waals surface area contributed by atoms with E-state index in [1.807, 2.05) is 56.3 Å². The lowest BCUT2D eigenvalue weighted by Crippen LogP contribution is -2.30. The molecule has 3 heteroatoms. The molecule has 0 spiro atoms. The first-order valence-corrected chi connectivity index (χ1v) is 8.02. The van der Waals surface area contributed by atoms with E-state index in [9.17, 15) is 9.59 Å². The smallest absolute Gasteiger partial charge is 0.223 e. The fourth-order valence-corrected chi connectivity index (χ4v) is 2.52. The molecule has 0 unspecified atom stereocenters. The summed E-state index contributed by atoms with van der Waals surface area (Å²) in [6.45, 7) is 5.26. The van der Waals surface area contributed by atoms with Gasteiger partial charge in [0.25, 0.3) is 0 Å². The Hall–Kier alpha value is -2.42. The number of aryl methyl sites for hydroxylation is 1. The maximum Gasteiger partial charge on any atom is 0.223 e. The molecule has 0 aliphatic carbocycles. The molecule has 2 aromatic rings. The van der Waals surface area contributed by atoms with Crippen LogP contribution in [0.2, 0.25) is 0 Å². The van der Waals surface area contributed by atoms with Crippen LogP contribution in [0.4, 0.5) is 0 Å². The SMILES string of the molecule is CCN(Cc1ccccc1C)C(=O)CCC(=O)c1ccccc1. The van der Waals surface area contributed by atoms with Crippen LogP contribution in [0.25, 0.3) is 0 Å². The zero-order chi connectivity index (χ0) is 16.7. The summed E-state index contributed by atoms with van der Waals surface area (Å²) in [7, 11) is 0. The third-order valence-corrected chi connectivity index (χ3v) is 4.02. The number of hydrogen-bond donors (Lipinski definition) is 0. The number of Topliss-reactive ketones (excluding diaryl/α,β-unsaturated/α-hetero) is 1. The number of rotatable bonds is 7. The first kappa shape index (κ1) is 16.9. The van der Waals surface area contributed by atoms with E-state index in [1.54, 1.807) is 17.0 Å². The van der Waals surface area contributed by atoms with Crippen molar-refractivity contribution in [1.82, 2.24) is 4.90 Å². The summed E-state index contributed by atoms with van der Waals surface area (Å²) in [5.74, 6) is 0.0472. The number of amides is 1. The topological polar surface area (TPSA) is 37.4 Å². The molecule has 0 bridgehead atoms. The van der Waals surface area contributed by atoms with Crippen molar-refractivity contribution in [3.8, 4) is 0 Å². The summed E-state index contributed by atoms with van der Waals surface area (Å²) in [5.41, 5.74) is 3.00. The number of nitrogens with zero attached hydrogens (tertiary/aromatic N) is 1. The first-order chi connectivity index (χ1) is 11.1. The third kappa shape index (κ3) is 4.78. The van der Waals surface area contributed by atoms with E-state index in [-0.39, 0.29) is 24.5 Å². The fourth-order valence-electron chi connectivity index (χ4n) is 2.52. The van der Waals surface area contributed by atoms with Crippen LogP contribution in [0, 0.1) is 6.92 Å². The Morgan fingerprint density at radius 3 is 2.22 bits per heavy atom. The maximum atomic E-state index is 12.4. The summed E-state index contributed by atoms with van der Waals surface area (Å²) in [4.78, 5) is 26.3. The van der Waals surface area contributed by atoms with Crippen molar-refractivity contribution in [3.05, 3.63) is 71.3 Å². The zero-order valence-corrected chi connectivity index (χ0v) is 13.8. The molecule has 0 atom stereocenters. The van der Waals surface area contributed by atoms with E-state index >= 15 is 0 Å². The van der Waals surface area contributed by atoms with Gasteiger partial charge in [-0.1, -0.05) is 54.6 Å². The van der Waals surface area contributed by atoms with Gasteiger partial charge in [-0.15, -0.1) is 0 Å². The van der Waals surface area contributed by atoms with Gasteiger partial charge in [0.15, 0.2) is 5.78 Å². The molecule has 0 aromatic heterocycles. The molecule has 0 radical (unpaired) electrons. The van der Waals surface area contributed by atoms with Crippen molar-refractivity contribution < 1.29 is 9.59 Å². The predicted molar refractivity (Wildman–Crippen MR) is 92.3 cm³/mol. The molecule has 0 aliphatic heterocycles. The van der Waals surface area contributed by atoms with E-state index in [1.165, 1.54) is 5.56 Å². The number of ketones is 1. The first-order valence-electron chi connectivity index (χ1n) is 8.02. The van der Waals surface area contributed by atoms with E-state index in [0.29, 0.717) is 18.7 Å². The van der Waals surface area contributed by atoms with Crippen LogP contribution in [0.1, 0.15) is 41.3 Å². The van der Waals surface area contributed by atoms with Gasteiger partial charge in [-0.3, -0.25) is 9.59 Å². The molecule has 0 aliphatic rings. The second-order valence-electron chi connectivity index (χ2n) is 5.62. The van der Waals surface area contributed by atoms with Crippen molar-refractivity contribution >= 4 is 11.7 Å². The van der Waals surface area contributed by atoms with Crippen molar-refractivity contribution in [2.24, 2.45) is 0 Å². The summed E-state index contributed by atoms with van der Waals surface area (Å²) >= 11 is 0. The van der Waals surface area contributed by atoms with Crippen LogP contribution >= 0.6 is 0 Å². The highest BCUT2D eigenvalue weighted by Gasteiger charge is 2.15. The Kier molecular flexibility index (Phi) is 6.10. The van der Waals surface area contributed by atoms with Gasteiger partial charge >= 0.3 is 0 Å². The molecule has 23 heavy (non-hydrogen) atoms. The Morgan fingerprint density at radius 1 is 0.913 bits per heavy atom. The number of benzene rings is 2. The van der Waals surface area contributed by atoms with Gasteiger partial charge in [-0.25, -0.2) is 0 Å². The molecule has 0 saturated heterocycles. The minimum absolute atomic E-state index is 0.0193. The van der Waals surface area contributed by atoms with Gasteiger partial charge < -0.3 is 4.90 Å². The van der Waals surface area contributed by atoms with E-state index in [2.05, 4.69) is 0 Å². The van der Waals surface area contributed by atoms with Crippen LogP contribution in [-0.2, 0) is 11.3 Å². The standard InChI is InChI=1S/C20H23NO2/c1-3-21(15-18-12-8-7-9-16(18)2)20(23)14-13-19(22)17-10-5-4-6-11-17/h4-12H,3,13-15H2,1-2H3. The molecule has 0 N–H and O–H groups in total. The second kappa shape index (κ2) is 8.28. The van der Waals surface area contributed by atoms with Crippen molar-refractivity contribution in [3.63, 3.8) is 0 Å². The van der Waals surface area contributed by atoms with Crippen LogP contribution in [0.5, 0.6) is 0 Å². The average molecular weight is 309 g/mol. The summed E-state index contributed by atoms with van der Waals surface area (Å²) < 4.78 is 0. The van der Waals surface area contributed by atoms with Crippen molar-refractivity contribution in [2.75, 3.05) is 6.54 Å². The summed E-state index contributed by atoms with van der Waals surface area (Å²) in [6.07, 6.45) is 0.514. The molecule has 2 aromatic carbocycles. The lowest BCUT2D eigenvalue weighted by molar-refractivity contribution is -0.131. The molecule has 2 rings (SSSR count). The lowest BCUT2D eigenvalue weighted by Gasteiger charge is -2.22. The normalized spacial score (nSPS) is 10.3. The molecular weight excluding hydrogens is 286 g/mol. The number of carbonyl (C=O) groups is 2. The van der Waals surface area contributed by atoms with E-state index in [0.717, 1.165) is 5.56 Å². The Labute approximate surface area is 137 Å². The molecule has 0 saturated carbocycles. The largest absolute Gasteiger partial charge is 0.339 e. The number of hydrogen-bond acceptors (Lipinski definition) is 2. The molecular formula is C20H23NO2. The van der Waals surface area contributed by atoms with Gasteiger partial charge in [-0.2, -0.15) is 0 Å². The lowest BCUT2D eigenvalue weighted by atomic mass is 10.1. The molecule has 120 valence electrons. The Morgan fingerprint density at radius 2 is 1.57 bits per heavy atom. The fraction of sp³-hybridized carbons (Fsp3) is 0.300. The quantitative estimate of drug-likeness (QED) is 0.725. The van der Waals surface area contributed by atoms with Crippen molar-refractivity contribution in [1.29, 1.82) is 0 Å². The van der Waals surface area contributed by atoms with Gasteiger partial charge in [0.1, 0.15) is 0 Å². The maximum absolute atomic E-state index is 12.4. The van der Waals surface area contributed by atoms with E-state index < -0.39 is 0 Å². The van der Waals surface area contributed by atoms with Gasteiger partial charge in [0, 0.05) is 31.5 Å². The molecule has 0 fully saturated rings. The van der Waals surface area contributed by atoms with Gasteiger partial charge in [0.2, 0.25) is 5.91 Å². The molecule has 1 amide bonds. The predicted octanol–water partition coefficient (Wildman–Crippen LogP) is 4.01. The summed E-state index contributed by atoms with van der Waals surface area (Å²) in [6, 6.07) is 17.2. The Balaban J connectivity index is 1.93. The van der Waals surface area contributed by atoms with Crippen LogP contribution in [-0.4, -0.2) is 23.1 Å². The zero-order valence-electron chi connectivity index (χ0n) is 13.8. The Bertz CT molecular complexity index is 664. The summed E-state index contributed by atoms with van der Waals surface area (Å²) in [5, 5.41) is 0. The van der Waals surface area contributed by atoms with Crippen LogP contribution in [0.15, 0.2) is 54.6 Å². The minimum atomic E-state index is 0.0193. The third-order valence-electron chi connectivity index (χ3n) is 4.02. The minimum Gasteiger partial charge on any atom is -0.339 e. The highest BCUT2D eigenvalue weighted by atomic mass is 16.2. The highest BCUT2D eigenvalue weighted by Crippen LogP contribution is 2.13. The second-order valence-corrected chi connectivity index (χ2v) is 5.62. The highest BCUT2D eigenvalue weighted by molar-refractivity contribution is 5.97. The molecule has 3 nitrogen and oxygen atoms in total. The van der Waals surface area contributed by atoms with E-state index in [4.69, 9.17) is 0 Å². The van der Waals surface area contributed by atoms with Crippen molar-refractivity contribution in [2.45, 2.75) is 33.2 Å². The number of carbonyl (C=O) groups excluding carboxylic acids is 2. The molecule has 0 heterocycles. The van der Waals surface area contributed by atoms with Gasteiger partial charge in [0.05, 0.1) is 0 Å². The average Bonchev–Trinajstić information content (AvgIpc) is 2.59.